The van der Waals surface area contributed by atoms with Crippen molar-refractivity contribution in [2.75, 3.05) is 31.1 Å². The van der Waals surface area contributed by atoms with E-state index < -0.39 is 23.3 Å². The molecule has 0 saturated carbocycles. The Morgan fingerprint density at radius 3 is 2.71 bits per heavy atom. The van der Waals surface area contributed by atoms with Crippen molar-refractivity contribution in [2.24, 2.45) is 0 Å². The summed E-state index contributed by atoms with van der Waals surface area (Å²) in [7, 11) is 0. The highest BCUT2D eigenvalue weighted by molar-refractivity contribution is 5.91. The fourth-order valence-corrected chi connectivity index (χ4v) is 4.48. The van der Waals surface area contributed by atoms with Gasteiger partial charge in [0.2, 0.25) is 0 Å². The molecule has 0 aromatic heterocycles. The second-order valence-corrected chi connectivity index (χ2v) is 8.50. The molecule has 1 aliphatic heterocycles. The number of rotatable bonds is 7. The first-order chi connectivity index (χ1) is 16.2. The number of nitrogens with zero attached hydrogens (tertiary/aromatic N) is 1. The van der Waals surface area contributed by atoms with Crippen LogP contribution in [0.3, 0.4) is 0 Å². The highest BCUT2D eigenvalue weighted by Crippen LogP contribution is 2.34. The Balaban J connectivity index is 1.38. The maximum Gasteiger partial charge on any atom is 0.417 e. The van der Waals surface area contributed by atoms with Crippen molar-refractivity contribution in [3.05, 3.63) is 77.4 Å². The molecule has 1 fully saturated rings. The molecular weight excluding hydrogens is 445 g/mol. The third kappa shape index (κ3) is 5.34. The fourth-order valence-electron chi connectivity index (χ4n) is 4.48. The standard InChI is InChI=1S/C26H27F3N2O3/c1-17(21-8-4-6-18-5-2-3-7-22(18)21)30-12-11-20-16-31(13-14-34-20)19-9-10-24(26(27,28)29)23(15-19)25(32)33/h2-10,15,17,20,30H,11-14,16H2,1H3,(H,32,33). The van der Waals surface area contributed by atoms with Crippen molar-refractivity contribution in [3.8, 4) is 0 Å². The zero-order chi connectivity index (χ0) is 24.3. The van der Waals surface area contributed by atoms with Crippen LogP contribution in [0.15, 0.2) is 60.7 Å². The summed E-state index contributed by atoms with van der Waals surface area (Å²) in [6.45, 7) is 4.21. The Hall–Kier alpha value is -3.10. The number of benzene rings is 3. The molecule has 180 valence electrons. The summed E-state index contributed by atoms with van der Waals surface area (Å²) >= 11 is 0. The van der Waals surface area contributed by atoms with Crippen LogP contribution in [0.4, 0.5) is 18.9 Å². The van der Waals surface area contributed by atoms with Gasteiger partial charge in [0.05, 0.1) is 23.8 Å². The summed E-state index contributed by atoms with van der Waals surface area (Å²) in [6.07, 6.45) is -4.11. The summed E-state index contributed by atoms with van der Waals surface area (Å²) in [5.41, 5.74) is -0.204. The molecule has 2 N–H and O–H groups in total. The van der Waals surface area contributed by atoms with Crippen molar-refractivity contribution in [2.45, 2.75) is 31.7 Å². The number of carbonyl (C=O) groups is 1. The molecule has 1 saturated heterocycles. The molecule has 0 aliphatic carbocycles. The summed E-state index contributed by atoms with van der Waals surface area (Å²) in [6, 6.07) is 17.9. The molecule has 0 radical (unpaired) electrons. The molecule has 3 aromatic rings. The number of hydrogen-bond acceptors (Lipinski definition) is 4. The molecule has 8 heteroatoms. The van der Waals surface area contributed by atoms with Crippen LogP contribution < -0.4 is 10.2 Å². The van der Waals surface area contributed by atoms with Gasteiger partial charge in [-0.25, -0.2) is 4.79 Å². The monoisotopic (exact) mass is 472 g/mol. The number of carboxylic acid groups (broad SMARTS) is 1. The number of morpholine rings is 1. The Bertz CT molecular complexity index is 1160. The van der Waals surface area contributed by atoms with Gasteiger partial charge >= 0.3 is 12.1 Å². The van der Waals surface area contributed by atoms with Gasteiger partial charge in [-0.15, -0.1) is 0 Å². The summed E-state index contributed by atoms with van der Waals surface area (Å²) in [5.74, 6) is -1.59. The molecule has 4 rings (SSSR count). The molecule has 5 nitrogen and oxygen atoms in total. The van der Waals surface area contributed by atoms with Gasteiger partial charge in [-0.1, -0.05) is 42.5 Å². The number of hydrogen-bond donors (Lipinski definition) is 2. The maximum absolute atomic E-state index is 13.2. The number of fused-ring (bicyclic) bond motifs is 1. The van der Waals surface area contributed by atoms with E-state index in [0.29, 0.717) is 31.9 Å². The summed E-state index contributed by atoms with van der Waals surface area (Å²) in [4.78, 5) is 13.3. The van der Waals surface area contributed by atoms with E-state index in [2.05, 4.69) is 36.5 Å². The van der Waals surface area contributed by atoms with E-state index in [1.165, 1.54) is 22.4 Å². The number of anilines is 1. The van der Waals surface area contributed by atoms with E-state index >= 15 is 0 Å². The lowest BCUT2D eigenvalue weighted by Gasteiger charge is -2.35. The largest absolute Gasteiger partial charge is 0.478 e. The first kappa shape index (κ1) is 24.0. The van der Waals surface area contributed by atoms with Gasteiger partial charge < -0.3 is 20.1 Å². The zero-order valence-corrected chi connectivity index (χ0v) is 18.8. The Kier molecular flexibility index (Phi) is 7.09. The predicted molar refractivity (Wildman–Crippen MR) is 125 cm³/mol. The minimum Gasteiger partial charge on any atom is -0.478 e. The number of halogens is 3. The van der Waals surface area contributed by atoms with Crippen LogP contribution in [0, 0.1) is 0 Å². The number of aromatic carboxylic acids is 1. The van der Waals surface area contributed by atoms with Crippen molar-refractivity contribution in [1.29, 1.82) is 0 Å². The van der Waals surface area contributed by atoms with Crippen molar-refractivity contribution in [3.63, 3.8) is 0 Å². The van der Waals surface area contributed by atoms with Crippen LogP contribution in [0.25, 0.3) is 10.8 Å². The molecule has 1 aliphatic rings. The Morgan fingerprint density at radius 2 is 1.94 bits per heavy atom. The molecular formula is C26H27F3N2O3. The topological polar surface area (TPSA) is 61.8 Å². The third-order valence-electron chi connectivity index (χ3n) is 6.25. The van der Waals surface area contributed by atoms with E-state index in [1.807, 2.05) is 23.1 Å². The van der Waals surface area contributed by atoms with Gasteiger partial charge in [0, 0.05) is 24.8 Å². The quantitative estimate of drug-likeness (QED) is 0.475. The van der Waals surface area contributed by atoms with Gasteiger partial charge in [-0.2, -0.15) is 13.2 Å². The SMILES string of the molecule is CC(NCCC1CN(c2ccc(C(F)(F)F)c(C(=O)O)c2)CCO1)c1cccc2ccccc12. The van der Waals surface area contributed by atoms with Crippen molar-refractivity contribution < 1.29 is 27.8 Å². The van der Waals surface area contributed by atoms with E-state index in [9.17, 15) is 23.1 Å². The molecule has 2 unspecified atom stereocenters. The molecule has 3 aromatic carbocycles. The second-order valence-electron chi connectivity index (χ2n) is 8.50. The highest BCUT2D eigenvalue weighted by Gasteiger charge is 2.36. The van der Waals surface area contributed by atoms with Crippen LogP contribution in [-0.2, 0) is 10.9 Å². The number of alkyl halides is 3. The average Bonchev–Trinajstić information content (AvgIpc) is 2.83. The Labute approximate surface area is 196 Å². The maximum atomic E-state index is 13.2. The summed E-state index contributed by atoms with van der Waals surface area (Å²) in [5, 5.41) is 15.2. The van der Waals surface area contributed by atoms with Crippen molar-refractivity contribution in [1.82, 2.24) is 5.32 Å². The third-order valence-corrected chi connectivity index (χ3v) is 6.25. The van der Waals surface area contributed by atoms with Crippen LogP contribution in [0.5, 0.6) is 0 Å². The van der Waals surface area contributed by atoms with E-state index in [0.717, 1.165) is 18.6 Å². The van der Waals surface area contributed by atoms with Crippen LogP contribution in [0.1, 0.15) is 40.9 Å². The zero-order valence-electron chi connectivity index (χ0n) is 18.8. The van der Waals surface area contributed by atoms with Crippen LogP contribution in [0.2, 0.25) is 0 Å². The molecule has 1 heterocycles. The minimum atomic E-state index is -4.72. The molecule has 0 bridgehead atoms. The summed E-state index contributed by atoms with van der Waals surface area (Å²) < 4.78 is 45.3. The normalized spacial score (nSPS) is 17.6. The van der Waals surface area contributed by atoms with E-state index in [4.69, 9.17) is 4.74 Å². The highest BCUT2D eigenvalue weighted by atomic mass is 19.4. The minimum absolute atomic E-state index is 0.114. The number of nitrogens with one attached hydrogen (secondary N) is 1. The predicted octanol–water partition coefficient (Wildman–Crippen LogP) is 5.50. The van der Waals surface area contributed by atoms with Gasteiger partial charge in [-0.3, -0.25) is 0 Å². The van der Waals surface area contributed by atoms with Gasteiger partial charge in [0.1, 0.15) is 0 Å². The first-order valence-electron chi connectivity index (χ1n) is 11.3. The first-order valence-corrected chi connectivity index (χ1v) is 11.3. The van der Waals surface area contributed by atoms with Crippen LogP contribution in [-0.4, -0.2) is 43.4 Å². The lowest BCUT2D eigenvalue weighted by molar-refractivity contribution is -0.138. The van der Waals surface area contributed by atoms with Gasteiger partial charge in [0.25, 0.3) is 0 Å². The lowest BCUT2D eigenvalue weighted by atomic mass is 9.99. The molecule has 34 heavy (non-hydrogen) atoms. The smallest absolute Gasteiger partial charge is 0.417 e. The Morgan fingerprint density at radius 1 is 1.18 bits per heavy atom. The fraction of sp³-hybridized carbons (Fsp3) is 0.346. The molecule has 2 atom stereocenters. The molecule has 0 amide bonds. The number of ether oxygens (including phenoxy) is 1. The number of carboxylic acids is 1. The van der Waals surface area contributed by atoms with E-state index in [1.54, 1.807) is 0 Å². The van der Waals surface area contributed by atoms with Gasteiger partial charge in [0.15, 0.2) is 0 Å². The second kappa shape index (κ2) is 10.0. The molecule has 0 spiro atoms. The lowest BCUT2D eigenvalue weighted by Crippen LogP contribution is -2.43. The van der Waals surface area contributed by atoms with Gasteiger partial charge in [-0.05, 0) is 54.4 Å². The van der Waals surface area contributed by atoms with Crippen molar-refractivity contribution >= 4 is 22.4 Å². The van der Waals surface area contributed by atoms with Crippen LogP contribution >= 0.6 is 0 Å². The average molecular weight is 473 g/mol. The van der Waals surface area contributed by atoms with E-state index in [-0.39, 0.29) is 12.1 Å².